The third-order valence-corrected chi connectivity index (χ3v) is 4.40. The van der Waals surface area contributed by atoms with Crippen molar-refractivity contribution in [2.45, 2.75) is 39.0 Å². The summed E-state index contributed by atoms with van der Waals surface area (Å²) < 4.78 is 0. The number of carbonyl (C=O) groups excluding carboxylic acids is 2. The maximum absolute atomic E-state index is 12.0. The average Bonchev–Trinajstić information content (AvgIpc) is 3.31. The first-order valence-electron chi connectivity index (χ1n) is 7.78. The Morgan fingerprint density at radius 1 is 1.14 bits per heavy atom. The van der Waals surface area contributed by atoms with Crippen molar-refractivity contribution in [3.05, 3.63) is 0 Å². The number of nitrogens with one attached hydrogen (secondary N) is 1. The zero-order valence-corrected chi connectivity index (χ0v) is 12.5. The van der Waals surface area contributed by atoms with E-state index in [0.29, 0.717) is 38.9 Å². The second-order valence-electron chi connectivity index (χ2n) is 6.19. The van der Waals surface area contributed by atoms with Crippen molar-refractivity contribution in [1.82, 2.24) is 10.2 Å². The highest BCUT2D eigenvalue weighted by Crippen LogP contribution is 2.32. The van der Waals surface area contributed by atoms with Crippen molar-refractivity contribution in [3.63, 3.8) is 0 Å². The zero-order valence-electron chi connectivity index (χ0n) is 12.5. The van der Waals surface area contributed by atoms with Crippen LogP contribution < -0.4 is 5.32 Å². The smallest absolute Gasteiger partial charge is 0.306 e. The number of carboxylic acids is 1. The number of carbonyl (C=O) groups is 3. The van der Waals surface area contributed by atoms with E-state index in [-0.39, 0.29) is 23.7 Å². The molecule has 0 aromatic heterocycles. The van der Waals surface area contributed by atoms with Crippen LogP contribution in [0.3, 0.4) is 0 Å². The topological polar surface area (TPSA) is 86.7 Å². The highest BCUT2D eigenvalue weighted by atomic mass is 16.4. The Labute approximate surface area is 124 Å². The van der Waals surface area contributed by atoms with Crippen molar-refractivity contribution >= 4 is 17.8 Å². The molecule has 1 heterocycles. The molecule has 1 aliphatic heterocycles. The molecule has 2 rings (SSSR count). The van der Waals surface area contributed by atoms with Crippen LogP contribution in [0.2, 0.25) is 0 Å². The van der Waals surface area contributed by atoms with Gasteiger partial charge in [-0.2, -0.15) is 0 Å². The third kappa shape index (κ3) is 4.44. The Bertz CT molecular complexity index is 412. The fourth-order valence-corrected chi connectivity index (χ4v) is 2.63. The van der Waals surface area contributed by atoms with E-state index in [0.717, 1.165) is 12.8 Å². The minimum atomic E-state index is -0.837. The normalized spacial score (nSPS) is 20.9. The number of piperidine rings is 1. The molecule has 2 fully saturated rings. The van der Waals surface area contributed by atoms with Gasteiger partial charge in [-0.1, -0.05) is 6.92 Å². The molecule has 6 heteroatoms. The van der Waals surface area contributed by atoms with Gasteiger partial charge >= 0.3 is 5.97 Å². The van der Waals surface area contributed by atoms with Gasteiger partial charge in [-0.25, -0.2) is 0 Å². The van der Waals surface area contributed by atoms with E-state index in [1.54, 1.807) is 6.92 Å². The fourth-order valence-electron chi connectivity index (χ4n) is 2.63. The Hall–Kier alpha value is -1.59. The predicted octanol–water partition coefficient (Wildman–Crippen LogP) is 0.862. The summed E-state index contributed by atoms with van der Waals surface area (Å²) in [7, 11) is 0. The van der Waals surface area contributed by atoms with Gasteiger partial charge in [0.15, 0.2) is 0 Å². The maximum Gasteiger partial charge on any atom is 0.306 e. The monoisotopic (exact) mass is 296 g/mol. The van der Waals surface area contributed by atoms with Gasteiger partial charge < -0.3 is 15.3 Å². The standard InChI is InChI=1S/C15H24N2O4/c1-10(15(20)21)4-7-16-13(18)11-5-8-17(9-6-11)14(19)12-2-3-12/h10-12H,2-9H2,1H3,(H,16,18)(H,20,21). The summed E-state index contributed by atoms with van der Waals surface area (Å²) in [5, 5.41) is 11.6. The van der Waals surface area contributed by atoms with Gasteiger partial charge in [0.2, 0.25) is 11.8 Å². The van der Waals surface area contributed by atoms with E-state index in [4.69, 9.17) is 5.11 Å². The lowest BCUT2D eigenvalue weighted by molar-refractivity contribution is -0.141. The van der Waals surface area contributed by atoms with Gasteiger partial charge in [0.05, 0.1) is 5.92 Å². The van der Waals surface area contributed by atoms with E-state index < -0.39 is 11.9 Å². The summed E-state index contributed by atoms with van der Waals surface area (Å²) in [6.07, 6.45) is 3.89. The SMILES string of the molecule is CC(CCNC(=O)C1CCN(C(=O)C2CC2)CC1)C(=O)O. The van der Waals surface area contributed by atoms with Crippen molar-refractivity contribution in [2.75, 3.05) is 19.6 Å². The molecular formula is C15H24N2O4. The average molecular weight is 296 g/mol. The molecule has 0 bridgehead atoms. The van der Waals surface area contributed by atoms with Crippen LogP contribution in [0.5, 0.6) is 0 Å². The molecule has 1 saturated carbocycles. The molecule has 1 unspecified atom stereocenters. The van der Waals surface area contributed by atoms with Crippen LogP contribution in [0.1, 0.15) is 39.0 Å². The quantitative estimate of drug-likeness (QED) is 0.761. The summed E-state index contributed by atoms with van der Waals surface area (Å²) >= 11 is 0. The first kappa shape index (κ1) is 15.8. The number of rotatable bonds is 6. The summed E-state index contributed by atoms with van der Waals surface area (Å²) in [5.41, 5.74) is 0. The number of aliphatic carboxylic acids is 1. The van der Waals surface area contributed by atoms with Crippen LogP contribution in [0.15, 0.2) is 0 Å². The number of carboxylic acid groups (broad SMARTS) is 1. The van der Waals surface area contributed by atoms with Crippen LogP contribution in [0, 0.1) is 17.8 Å². The van der Waals surface area contributed by atoms with Gasteiger partial charge in [-0.3, -0.25) is 14.4 Å². The highest BCUT2D eigenvalue weighted by molar-refractivity contribution is 5.82. The molecule has 1 aliphatic carbocycles. The molecule has 21 heavy (non-hydrogen) atoms. The van der Waals surface area contributed by atoms with Gasteiger partial charge in [-0.15, -0.1) is 0 Å². The summed E-state index contributed by atoms with van der Waals surface area (Å²) in [6, 6.07) is 0. The number of hydrogen-bond acceptors (Lipinski definition) is 3. The van der Waals surface area contributed by atoms with Crippen molar-refractivity contribution in [2.24, 2.45) is 17.8 Å². The van der Waals surface area contributed by atoms with Crippen LogP contribution >= 0.6 is 0 Å². The number of nitrogens with zero attached hydrogens (tertiary/aromatic N) is 1. The fraction of sp³-hybridized carbons (Fsp3) is 0.800. The minimum absolute atomic E-state index is 0.00823. The number of hydrogen-bond donors (Lipinski definition) is 2. The van der Waals surface area contributed by atoms with Crippen LogP contribution in [0.25, 0.3) is 0 Å². The maximum atomic E-state index is 12.0. The zero-order chi connectivity index (χ0) is 15.4. The molecule has 1 saturated heterocycles. The second kappa shape index (κ2) is 6.91. The minimum Gasteiger partial charge on any atom is -0.481 e. The first-order valence-corrected chi connectivity index (χ1v) is 7.78. The van der Waals surface area contributed by atoms with E-state index in [1.807, 2.05) is 4.90 Å². The summed E-state index contributed by atoms with van der Waals surface area (Å²) in [4.78, 5) is 36.5. The van der Waals surface area contributed by atoms with Crippen LogP contribution in [-0.4, -0.2) is 47.4 Å². The molecule has 2 aliphatic rings. The number of amides is 2. The van der Waals surface area contributed by atoms with E-state index >= 15 is 0 Å². The van der Waals surface area contributed by atoms with Crippen molar-refractivity contribution in [3.8, 4) is 0 Å². The van der Waals surface area contributed by atoms with Gasteiger partial charge in [0, 0.05) is 31.5 Å². The van der Waals surface area contributed by atoms with Crippen LogP contribution in [-0.2, 0) is 14.4 Å². The lowest BCUT2D eigenvalue weighted by atomic mass is 9.95. The predicted molar refractivity (Wildman–Crippen MR) is 76.5 cm³/mol. The second-order valence-corrected chi connectivity index (χ2v) is 6.19. The van der Waals surface area contributed by atoms with Crippen molar-refractivity contribution < 1.29 is 19.5 Å². The third-order valence-electron chi connectivity index (χ3n) is 4.40. The largest absolute Gasteiger partial charge is 0.481 e. The molecule has 0 radical (unpaired) electrons. The Morgan fingerprint density at radius 3 is 2.29 bits per heavy atom. The molecule has 1 atom stereocenters. The molecule has 6 nitrogen and oxygen atoms in total. The summed E-state index contributed by atoms with van der Waals surface area (Å²) in [5.74, 6) is -0.837. The van der Waals surface area contributed by atoms with Gasteiger partial charge in [-0.05, 0) is 32.1 Å². The summed E-state index contributed by atoms with van der Waals surface area (Å²) in [6.45, 7) is 3.36. The Kier molecular flexibility index (Phi) is 5.20. The van der Waals surface area contributed by atoms with E-state index in [2.05, 4.69) is 5.32 Å². The first-order chi connectivity index (χ1) is 9.99. The Balaban J connectivity index is 1.65. The Morgan fingerprint density at radius 2 is 1.76 bits per heavy atom. The molecule has 118 valence electrons. The molecular weight excluding hydrogens is 272 g/mol. The molecule has 0 spiro atoms. The lowest BCUT2D eigenvalue weighted by Gasteiger charge is -2.31. The lowest BCUT2D eigenvalue weighted by Crippen LogP contribution is -2.43. The number of likely N-dealkylation sites (tertiary alicyclic amines) is 1. The van der Waals surface area contributed by atoms with Gasteiger partial charge in [0.1, 0.15) is 0 Å². The van der Waals surface area contributed by atoms with Crippen LogP contribution in [0.4, 0.5) is 0 Å². The molecule has 2 amide bonds. The van der Waals surface area contributed by atoms with E-state index in [9.17, 15) is 14.4 Å². The highest BCUT2D eigenvalue weighted by Gasteiger charge is 2.35. The van der Waals surface area contributed by atoms with Gasteiger partial charge in [0.25, 0.3) is 0 Å². The van der Waals surface area contributed by atoms with Crippen molar-refractivity contribution in [1.29, 1.82) is 0 Å². The molecule has 0 aromatic rings. The molecule has 0 aromatic carbocycles. The molecule has 2 N–H and O–H groups in total. The van der Waals surface area contributed by atoms with E-state index in [1.165, 1.54) is 0 Å².